The Morgan fingerprint density at radius 3 is 2.40 bits per heavy atom. The summed E-state index contributed by atoms with van der Waals surface area (Å²) in [5, 5.41) is 13.5. The first-order chi connectivity index (χ1) is 20.3. The van der Waals surface area contributed by atoms with E-state index in [2.05, 4.69) is 24.2 Å². The summed E-state index contributed by atoms with van der Waals surface area (Å²) in [5.74, 6) is 0.480. The van der Waals surface area contributed by atoms with E-state index in [0.717, 1.165) is 11.3 Å². The minimum Gasteiger partial charge on any atom is -0.444 e. The number of halogens is 2. The second-order valence-corrected chi connectivity index (χ2v) is 12.5. The van der Waals surface area contributed by atoms with Crippen LogP contribution in [-0.2, 0) is 4.74 Å². The summed E-state index contributed by atoms with van der Waals surface area (Å²) in [6.07, 6.45) is 1.55. The summed E-state index contributed by atoms with van der Waals surface area (Å²) >= 11 is 6.78. The summed E-state index contributed by atoms with van der Waals surface area (Å²) in [4.78, 5) is 25.7. The topological polar surface area (TPSA) is 93.9 Å². The lowest BCUT2D eigenvalue weighted by Gasteiger charge is -2.45. The third-order valence-electron chi connectivity index (χ3n) is 7.22. The lowest BCUT2D eigenvalue weighted by Crippen LogP contribution is -2.60. The maximum Gasteiger partial charge on any atom is 0.410 e. The average Bonchev–Trinajstić information content (AvgIpc) is 2.93. The molecule has 4 rings (SSSR count). The number of nitrogens with zero attached hydrogens (tertiary/aromatic N) is 5. The molecule has 0 unspecified atom stereocenters. The van der Waals surface area contributed by atoms with Crippen LogP contribution < -0.4 is 5.32 Å². The highest BCUT2D eigenvalue weighted by molar-refractivity contribution is 6.33. The Labute approximate surface area is 258 Å². The minimum absolute atomic E-state index is 0.208. The fraction of sp³-hybridized carbons (Fsp3) is 0.394. The van der Waals surface area contributed by atoms with Gasteiger partial charge in [-0.25, -0.2) is 14.2 Å². The average molecular weight is 605 g/mol. The fourth-order valence-electron chi connectivity index (χ4n) is 5.16. The molecule has 3 aromatic rings. The van der Waals surface area contributed by atoms with Gasteiger partial charge in [0.1, 0.15) is 17.2 Å². The Bertz CT molecular complexity index is 1560. The first-order valence-corrected chi connectivity index (χ1v) is 14.7. The number of anilines is 2. The molecule has 0 bridgehead atoms. The van der Waals surface area contributed by atoms with Gasteiger partial charge in [-0.15, -0.1) is 0 Å². The van der Waals surface area contributed by atoms with E-state index in [4.69, 9.17) is 21.3 Å². The molecule has 1 aromatic heterocycles. The van der Waals surface area contributed by atoms with E-state index in [1.807, 2.05) is 70.0 Å². The summed E-state index contributed by atoms with van der Waals surface area (Å²) in [6.45, 7) is 14.3. The molecule has 1 amide bonds. The molecule has 0 saturated carbocycles. The Balaban J connectivity index is 1.82. The molecule has 0 spiro atoms. The van der Waals surface area contributed by atoms with Crippen LogP contribution in [0.5, 0.6) is 0 Å². The number of amides is 1. The molecule has 1 aliphatic rings. The summed E-state index contributed by atoms with van der Waals surface area (Å²) < 4.78 is 20.6. The van der Waals surface area contributed by atoms with Crippen molar-refractivity contribution in [3.63, 3.8) is 0 Å². The molecule has 2 aromatic carbocycles. The van der Waals surface area contributed by atoms with E-state index in [-0.39, 0.29) is 34.3 Å². The number of hydrogen-bond donors (Lipinski definition) is 1. The molecule has 1 saturated heterocycles. The normalized spacial score (nSPS) is 17.6. The van der Waals surface area contributed by atoms with Gasteiger partial charge in [0.2, 0.25) is 6.19 Å². The first kappa shape index (κ1) is 31.8. The van der Waals surface area contributed by atoms with E-state index < -0.39 is 17.5 Å². The molecule has 1 aliphatic heterocycles. The number of aliphatic imine (C=N–C) groups is 1. The van der Waals surface area contributed by atoms with Crippen molar-refractivity contribution >= 4 is 35.0 Å². The van der Waals surface area contributed by atoms with E-state index >= 15 is 0 Å². The highest BCUT2D eigenvalue weighted by Crippen LogP contribution is 2.36. The standard InChI is InChI=1S/C33H38ClFN6O2/c1-20(2)23-12-9-11-15-28(23)38-30-25(16-26(34)29(39-30)24-13-8-10-14-27(24)35)31(37-19-36)40-17-22(4)41(18-21(40)3)32(42)43-33(5,6)7/h8-16,20-22H,17-18H2,1-7H3,(H,38,39)/t21-,22+/m0/s1. The number of carbonyl (C=O) groups is 1. The molecule has 2 heterocycles. The highest BCUT2D eigenvalue weighted by atomic mass is 35.5. The van der Waals surface area contributed by atoms with Crippen LogP contribution >= 0.6 is 11.6 Å². The predicted molar refractivity (Wildman–Crippen MR) is 169 cm³/mol. The smallest absolute Gasteiger partial charge is 0.410 e. The van der Waals surface area contributed by atoms with Gasteiger partial charge in [0.05, 0.1) is 16.3 Å². The van der Waals surface area contributed by atoms with Gasteiger partial charge < -0.3 is 19.9 Å². The van der Waals surface area contributed by atoms with Gasteiger partial charge in [-0.05, 0) is 70.4 Å². The Morgan fingerprint density at radius 2 is 1.74 bits per heavy atom. The van der Waals surface area contributed by atoms with E-state index in [1.54, 1.807) is 29.2 Å². The van der Waals surface area contributed by atoms with Gasteiger partial charge in [-0.1, -0.05) is 55.8 Å². The number of pyridine rings is 1. The monoisotopic (exact) mass is 604 g/mol. The molecule has 0 radical (unpaired) electrons. The summed E-state index contributed by atoms with van der Waals surface area (Å²) in [6, 6.07) is 15.4. The number of nitrogens with one attached hydrogen (secondary N) is 1. The molecule has 43 heavy (non-hydrogen) atoms. The number of benzene rings is 2. The van der Waals surface area contributed by atoms with Gasteiger partial charge in [-0.2, -0.15) is 10.3 Å². The third-order valence-corrected chi connectivity index (χ3v) is 7.51. The van der Waals surface area contributed by atoms with Crippen LogP contribution in [0, 0.1) is 17.3 Å². The van der Waals surface area contributed by atoms with Crippen LogP contribution in [0.25, 0.3) is 11.3 Å². The second-order valence-electron chi connectivity index (χ2n) is 12.1. The van der Waals surface area contributed by atoms with Crippen molar-refractivity contribution in [3.05, 3.63) is 76.6 Å². The van der Waals surface area contributed by atoms with Crippen molar-refractivity contribution in [1.82, 2.24) is 14.8 Å². The van der Waals surface area contributed by atoms with Gasteiger partial charge in [0, 0.05) is 36.4 Å². The third kappa shape index (κ3) is 7.26. The Kier molecular flexibility index (Phi) is 9.61. The first-order valence-electron chi connectivity index (χ1n) is 14.4. The van der Waals surface area contributed by atoms with Gasteiger partial charge in [-0.3, -0.25) is 0 Å². The largest absolute Gasteiger partial charge is 0.444 e. The number of aromatic nitrogens is 1. The molecule has 8 nitrogen and oxygen atoms in total. The van der Waals surface area contributed by atoms with Gasteiger partial charge >= 0.3 is 6.09 Å². The number of amidine groups is 1. The number of para-hydroxylation sites is 1. The molecule has 1 fully saturated rings. The molecule has 226 valence electrons. The van der Waals surface area contributed by atoms with Crippen molar-refractivity contribution < 1.29 is 13.9 Å². The Morgan fingerprint density at radius 1 is 1.12 bits per heavy atom. The molecule has 0 aliphatic carbocycles. The predicted octanol–water partition coefficient (Wildman–Crippen LogP) is 7.97. The van der Waals surface area contributed by atoms with Crippen LogP contribution in [-0.4, -0.2) is 57.5 Å². The zero-order chi connectivity index (χ0) is 31.5. The number of ether oxygens (including phenoxy) is 1. The fourth-order valence-corrected chi connectivity index (χ4v) is 5.41. The minimum atomic E-state index is -0.625. The highest BCUT2D eigenvalue weighted by Gasteiger charge is 2.37. The van der Waals surface area contributed by atoms with Crippen molar-refractivity contribution in [2.24, 2.45) is 4.99 Å². The number of hydrogen-bond acceptors (Lipinski definition) is 6. The molecular weight excluding hydrogens is 567 g/mol. The zero-order valence-electron chi connectivity index (χ0n) is 25.7. The van der Waals surface area contributed by atoms with E-state index in [0.29, 0.717) is 30.3 Å². The summed E-state index contributed by atoms with van der Waals surface area (Å²) in [5.41, 5.74) is 2.26. The van der Waals surface area contributed by atoms with Gasteiger partial charge in [0.25, 0.3) is 0 Å². The lowest BCUT2D eigenvalue weighted by atomic mass is 10.0. The molecule has 10 heteroatoms. The van der Waals surface area contributed by atoms with Crippen LogP contribution in [0.15, 0.2) is 59.6 Å². The SMILES string of the molecule is CC(C)c1ccccc1Nc1nc(-c2ccccc2F)c(Cl)cc1C(=NC#N)N1C[C@@H](C)N(C(=O)OC(C)(C)C)C[C@@H]1C. The van der Waals surface area contributed by atoms with E-state index in [9.17, 15) is 14.4 Å². The van der Waals surface area contributed by atoms with Crippen LogP contribution in [0.2, 0.25) is 5.02 Å². The van der Waals surface area contributed by atoms with E-state index in [1.165, 1.54) is 6.07 Å². The zero-order valence-corrected chi connectivity index (χ0v) is 26.4. The maximum atomic E-state index is 14.9. The number of carbonyl (C=O) groups excluding carboxylic acids is 1. The van der Waals surface area contributed by atoms with Crippen LogP contribution in [0.1, 0.15) is 65.5 Å². The number of rotatable bonds is 5. The maximum absolute atomic E-state index is 14.9. The van der Waals surface area contributed by atoms with Gasteiger partial charge in [0.15, 0.2) is 5.84 Å². The number of piperazine rings is 1. The van der Waals surface area contributed by atoms with Crippen molar-refractivity contribution in [2.45, 2.75) is 72.1 Å². The second kappa shape index (κ2) is 13.0. The van der Waals surface area contributed by atoms with Crippen molar-refractivity contribution in [1.29, 1.82) is 5.26 Å². The molecule has 2 atom stereocenters. The molecular formula is C33H38ClFN6O2. The Hall–Kier alpha value is -4.16. The van der Waals surface area contributed by atoms with Crippen LogP contribution in [0.4, 0.5) is 20.7 Å². The van der Waals surface area contributed by atoms with Crippen molar-refractivity contribution in [2.75, 3.05) is 18.4 Å². The van der Waals surface area contributed by atoms with Crippen molar-refractivity contribution in [3.8, 4) is 17.5 Å². The quantitative estimate of drug-likeness (QED) is 0.180. The lowest BCUT2D eigenvalue weighted by molar-refractivity contribution is 0.000510. The summed E-state index contributed by atoms with van der Waals surface area (Å²) in [7, 11) is 0. The van der Waals surface area contributed by atoms with Crippen LogP contribution in [0.3, 0.4) is 0 Å². The number of nitriles is 1. The molecule has 1 N–H and O–H groups in total.